The van der Waals surface area contributed by atoms with Crippen molar-refractivity contribution in [1.82, 2.24) is 30.2 Å². The van der Waals surface area contributed by atoms with Gasteiger partial charge in [-0.15, -0.1) is 0 Å². The van der Waals surface area contributed by atoms with Crippen LogP contribution in [0.2, 0.25) is 5.02 Å². The third kappa shape index (κ3) is 4.80. The van der Waals surface area contributed by atoms with Crippen LogP contribution in [0.3, 0.4) is 0 Å². The number of rotatable bonds is 8. The number of pyridine rings is 1. The fourth-order valence-electron chi connectivity index (χ4n) is 3.61. The summed E-state index contributed by atoms with van der Waals surface area (Å²) < 4.78 is 14.3. The van der Waals surface area contributed by atoms with Gasteiger partial charge in [0.1, 0.15) is 11.7 Å². The smallest absolute Gasteiger partial charge is 0.242 e. The minimum absolute atomic E-state index is 0. The summed E-state index contributed by atoms with van der Waals surface area (Å²) >= 11 is 6.04. The number of anilines is 1. The molecule has 1 atom stereocenters. The predicted octanol–water partition coefficient (Wildman–Crippen LogP) is 3.48. The van der Waals surface area contributed by atoms with Gasteiger partial charge in [0.2, 0.25) is 11.8 Å². The fourth-order valence-corrected chi connectivity index (χ4v) is 3.76. The zero-order chi connectivity index (χ0) is 22.7. The van der Waals surface area contributed by atoms with Crippen molar-refractivity contribution >= 4 is 40.3 Å². The molecule has 0 radical (unpaired) electrons. The van der Waals surface area contributed by atoms with Gasteiger partial charge < -0.3 is 20.5 Å². The van der Waals surface area contributed by atoms with Gasteiger partial charge in [-0.25, -0.2) is 19.3 Å². The molecule has 3 aromatic heterocycles. The van der Waals surface area contributed by atoms with Gasteiger partial charge in [0.15, 0.2) is 17.5 Å². The van der Waals surface area contributed by atoms with Crippen LogP contribution in [0.5, 0.6) is 0 Å². The third-order valence-corrected chi connectivity index (χ3v) is 5.51. The van der Waals surface area contributed by atoms with E-state index in [0.717, 1.165) is 19.2 Å². The zero-order valence-corrected chi connectivity index (χ0v) is 18.2. The van der Waals surface area contributed by atoms with Crippen molar-refractivity contribution in [3.8, 4) is 11.4 Å². The first-order valence-corrected chi connectivity index (χ1v) is 10.8. The van der Waals surface area contributed by atoms with Crippen molar-refractivity contribution in [3.63, 3.8) is 0 Å². The van der Waals surface area contributed by atoms with Gasteiger partial charge >= 0.3 is 0 Å². The number of hydrogen-bond donors (Lipinski definition) is 3. The minimum atomic E-state index is -0.722. The molecular weight excluding hydrogens is 437 g/mol. The molecule has 0 unspecified atom stereocenters. The Bertz CT molecular complexity index is 1170. The van der Waals surface area contributed by atoms with E-state index in [2.05, 4.69) is 30.6 Å². The van der Waals surface area contributed by atoms with Crippen molar-refractivity contribution in [2.45, 2.75) is 32.2 Å². The van der Waals surface area contributed by atoms with Crippen LogP contribution in [0.1, 0.15) is 30.5 Å². The molecule has 174 valence electrons. The first kappa shape index (κ1) is 21.9. The van der Waals surface area contributed by atoms with Crippen LogP contribution in [0.15, 0.2) is 24.7 Å². The Morgan fingerprint density at radius 3 is 3.03 bits per heavy atom. The lowest BCUT2D eigenvalue weighted by Crippen LogP contribution is -2.39. The van der Waals surface area contributed by atoms with Gasteiger partial charge in [0.05, 0.1) is 11.2 Å². The van der Waals surface area contributed by atoms with Crippen molar-refractivity contribution in [3.05, 3.63) is 35.5 Å². The molecule has 1 fully saturated rings. The Hall–Kier alpha value is -3.27. The number of fused-ring (bicyclic) bond motifs is 1. The van der Waals surface area contributed by atoms with Gasteiger partial charge in [-0.3, -0.25) is 9.59 Å². The maximum absolute atomic E-state index is 14.3. The number of H-pyrrole nitrogens is 1. The molecule has 3 aromatic rings. The summed E-state index contributed by atoms with van der Waals surface area (Å²) in [6.45, 7) is 3.44. The average molecular weight is 466 g/mol. The quantitative estimate of drug-likeness (QED) is 0.438. The van der Waals surface area contributed by atoms with Crippen LogP contribution in [-0.4, -0.2) is 62.3 Å². The molecule has 0 spiro atoms. The molecule has 4 heterocycles. The Labute approximate surface area is 193 Å². The molecule has 1 saturated heterocycles. The predicted molar refractivity (Wildman–Crippen MR) is 125 cm³/mol. The molecule has 32 heavy (non-hydrogen) atoms. The first-order valence-electron chi connectivity index (χ1n) is 10.4. The van der Waals surface area contributed by atoms with E-state index < -0.39 is 11.9 Å². The number of nitrogens with one attached hydrogen (secondary N) is 3. The highest BCUT2D eigenvalue weighted by Crippen LogP contribution is 2.28. The van der Waals surface area contributed by atoms with Crippen LogP contribution in [-0.2, 0) is 9.59 Å². The Kier molecular flexibility index (Phi) is 6.50. The van der Waals surface area contributed by atoms with E-state index in [1.165, 1.54) is 6.20 Å². The molecule has 1 aliphatic heterocycles. The van der Waals surface area contributed by atoms with E-state index in [1.807, 2.05) is 0 Å². The van der Waals surface area contributed by atoms with Gasteiger partial charge in [0.25, 0.3) is 0 Å². The summed E-state index contributed by atoms with van der Waals surface area (Å²) in [5.41, 5.74) is 1.22. The third-order valence-electron chi connectivity index (χ3n) is 5.30. The van der Waals surface area contributed by atoms with Crippen molar-refractivity contribution < 1.29 is 18.3 Å². The number of halogens is 2. The fraction of sp³-hybridized carbons (Fsp3) is 0.381. The molecular formula is C21H29ClFN7O2. The summed E-state index contributed by atoms with van der Waals surface area (Å²) in [4.78, 5) is 41.3. The summed E-state index contributed by atoms with van der Waals surface area (Å²) in [6.07, 6.45) is 6.40. The molecule has 0 aromatic carbocycles. The van der Waals surface area contributed by atoms with E-state index in [9.17, 15) is 14.0 Å². The SMILES string of the molecule is C[C@H](Nc1nc(-c2c[nH]c3ncc(Cl)cc23)ncc1F)C(=O)NCCCN1CCCC1=O.[HH].[HH].[HH]. The van der Waals surface area contributed by atoms with Gasteiger partial charge in [-0.2, -0.15) is 0 Å². The number of amides is 2. The molecule has 9 nitrogen and oxygen atoms in total. The van der Waals surface area contributed by atoms with Crippen molar-refractivity contribution in [2.24, 2.45) is 0 Å². The Balaban J connectivity index is 0.00000204. The van der Waals surface area contributed by atoms with Crippen LogP contribution in [0, 0.1) is 5.82 Å². The van der Waals surface area contributed by atoms with Gasteiger partial charge in [0, 0.05) is 53.7 Å². The molecule has 3 N–H and O–H groups in total. The standard InChI is InChI=1S/C21H23ClFN7O2.3H2/c1-12(21(32)24-5-3-7-30-6-2-4-17(30)31)28-20-16(23)11-27-19(29-20)15-10-26-18-14(15)8-13(22)9-25-18;;;/h8-12H,2-7H2,1H3,(H,24,32)(H,25,26)(H,27,28,29);3*1H/t12-;;;/m0.../s1. The second-order valence-electron chi connectivity index (χ2n) is 7.64. The maximum atomic E-state index is 14.3. The summed E-state index contributed by atoms with van der Waals surface area (Å²) in [5, 5.41) is 6.77. The summed E-state index contributed by atoms with van der Waals surface area (Å²) in [7, 11) is 0. The zero-order valence-electron chi connectivity index (χ0n) is 17.5. The highest BCUT2D eigenvalue weighted by molar-refractivity contribution is 6.31. The second kappa shape index (κ2) is 9.47. The highest BCUT2D eigenvalue weighted by Gasteiger charge is 2.20. The highest BCUT2D eigenvalue weighted by atomic mass is 35.5. The topological polar surface area (TPSA) is 116 Å². The molecule has 0 aliphatic carbocycles. The average Bonchev–Trinajstić information content (AvgIpc) is 3.38. The number of aromatic amines is 1. The van der Waals surface area contributed by atoms with E-state index in [4.69, 9.17) is 11.6 Å². The van der Waals surface area contributed by atoms with E-state index in [-0.39, 0.29) is 27.7 Å². The number of aromatic nitrogens is 4. The van der Waals surface area contributed by atoms with Crippen LogP contribution < -0.4 is 10.6 Å². The van der Waals surface area contributed by atoms with Crippen LogP contribution in [0.4, 0.5) is 10.2 Å². The second-order valence-corrected chi connectivity index (χ2v) is 8.07. The number of carbonyl (C=O) groups excluding carboxylic acids is 2. The summed E-state index contributed by atoms with van der Waals surface area (Å²) in [5.74, 6) is -0.608. The molecule has 11 heteroatoms. The molecule has 4 rings (SSSR count). The summed E-state index contributed by atoms with van der Waals surface area (Å²) in [6, 6.07) is 1.00. The molecule has 2 amide bonds. The van der Waals surface area contributed by atoms with E-state index in [1.54, 1.807) is 24.1 Å². The Morgan fingerprint density at radius 1 is 1.41 bits per heavy atom. The lowest BCUT2D eigenvalue weighted by Gasteiger charge is -2.17. The van der Waals surface area contributed by atoms with Gasteiger partial charge in [-0.1, -0.05) is 11.6 Å². The normalized spacial score (nSPS) is 14.7. The van der Waals surface area contributed by atoms with Crippen LogP contribution >= 0.6 is 11.6 Å². The largest absolute Gasteiger partial charge is 0.356 e. The number of nitrogens with zero attached hydrogens (tertiary/aromatic N) is 4. The molecule has 0 bridgehead atoms. The molecule has 0 saturated carbocycles. The van der Waals surface area contributed by atoms with Crippen molar-refractivity contribution in [1.29, 1.82) is 0 Å². The lowest BCUT2D eigenvalue weighted by molar-refractivity contribution is -0.127. The molecule has 1 aliphatic rings. The first-order chi connectivity index (χ1) is 15.4. The van der Waals surface area contributed by atoms with Crippen molar-refractivity contribution in [2.75, 3.05) is 25.0 Å². The lowest BCUT2D eigenvalue weighted by atomic mass is 10.2. The Morgan fingerprint density at radius 2 is 2.25 bits per heavy atom. The van der Waals surface area contributed by atoms with E-state index >= 15 is 0 Å². The van der Waals surface area contributed by atoms with E-state index in [0.29, 0.717) is 47.6 Å². The van der Waals surface area contributed by atoms with Crippen LogP contribution in [0.25, 0.3) is 22.4 Å². The maximum Gasteiger partial charge on any atom is 0.242 e. The number of hydrogen-bond acceptors (Lipinski definition) is 6. The number of likely N-dealkylation sites (tertiary alicyclic amines) is 1. The number of carbonyl (C=O) groups is 2. The van der Waals surface area contributed by atoms with Gasteiger partial charge in [-0.05, 0) is 25.8 Å². The monoisotopic (exact) mass is 465 g/mol. The minimum Gasteiger partial charge on any atom is -0.356 e.